The van der Waals surface area contributed by atoms with E-state index in [-0.39, 0.29) is 17.2 Å². The van der Waals surface area contributed by atoms with Gasteiger partial charge in [0.15, 0.2) is 0 Å². The highest BCUT2D eigenvalue weighted by Gasteiger charge is 2.31. The predicted molar refractivity (Wildman–Crippen MR) is 135 cm³/mol. The van der Waals surface area contributed by atoms with Crippen LogP contribution >= 0.6 is 0 Å². The highest BCUT2D eigenvalue weighted by Crippen LogP contribution is 2.41. The van der Waals surface area contributed by atoms with Crippen molar-refractivity contribution in [3.63, 3.8) is 0 Å². The molecule has 0 radical (unpaired) electrons. The molecule has 33 heavy (non-hydrogen) atoms. The Kier molecular flexibility index (Phi) is 6.93. The molecule has 2 heterocycles. The van der Waals surface area contributed by atoms with Gasteiger partial charge in [0.1, 0.15) is 0 Å². The average Bonchev–Trinajstić information content (AvgIpc) is 3.16. The van der Waals surface area contributed by atoms with E-state index in [4.69, 9.17) is 0 Å². The molecule has 0 saturated carbocycles. The number of hydrogen-bond donors (Lipinski definition) is 1. The molecule has 0 aliphatic rings. The summed E-state index contributed by atoms with van der Waals surface area (Å²) in [4.78, 5) is 17.3. The van der Waals surface area contributed by atoms with Crippen molar-refractivity contribution >= 4 is 16.8 Å². The molecule has 0 fully saturated rings. The second-order valence-corrected chi connectivity index (χ2v) is 9.76. The Morgan fingerprint density at radius 3 is 2.42 bits per heavy atom. The van der Waals surface area contributed by atoms with E-state index in [0.717, 1.165) is 18.7 Å². The highest BCUT2D eigenvalue weighted by molar-refractivity contribution is 5.86. The Balaban J connectivity index is 1.55. The van der Waals surface area contributed by atoms with E-state index in [9.17, 15) is 4.79 Å². The van der Waals surface area contributed by atoms with Crippen molar-refractivity contribution in [2.24, 2.45) is 5.41 Å². The van der Waals surface area contributed by atoms with Gasteiger partial charge in [-0.2, -0.15) is 0 Å². The summed E-state index contributed by atoms with van der Waals surface area (Å²) in [5, 5.41) is 4.34. The fourth-order valence-corrected chi connectivity index (χ4v) is 4.48. The molecule has 0 bridgehead atoms. The van der Waals surface area contributed by atoms with Crippen LogP contribution in [0, 0.1) is 5.41 Å². The van der Waals surface area contributed by atoms with Gasteiger partial charge < -0.3 is 9.88 Å². The minimum Gasteiger partial charge on any atom is -0.356 e. The number of carbonyl (C=O) groups is 1. The van der Waals surface area contributed by atoms with E-state index >= 15 is 0 Å². The van der Waals surface area contributed by atoms with Gasteiger partial charge in [0.2, 0.25) is 5.91 Å². The lowest BCUT2D eigenvalue weighted by atomic mass is 9.74. The third-order valence-electron chi connectivity index (χ3n) is 6.25. The summed E-state index contributed by atoms with van der Waals surface area (Å²) >= 11 is 0. The smallest absolute Gasteiger partial charge is 0.220 e. The first-order valence-electron chi connectivity index (χ1n) is 11.7. The van der Waals surface area contributed by atoms with Crippen LogP contribution in [-0.4, -0.2) is 22.0 Å². The van der Waals surface area contributed by atoms with Gasteiger partial charge in [-0.25, -0.2) is 0 Å². The van der Waals surface area contributed by atoms with Crippen LogP contribution in [0.25, 0.3) is 10.9 Å². The van der Waals surface area contributed by atoms with E-state index in [2.05, 4.69) is 90.4 Å². The largest absolute Gasteiger partial charge is 0.356 e. The topological polar surface area (TPSA) is 46.9 Å². The van der Waals surface area contributed by atoms with E-state index in [0.29, 0.717) is 13.0 Å². The Bertz CT molecular complexity index is 1190. The molecule has 2 aromatic carbocycles. The molecule has 1 N–H and O–H groups in total. The summed E-state index contributed by atoms with van der Waals surface area (Å²) in [5.74, 6) is 0.194. The predicted octanol–water partition coefficient (Wildman–Crippen LogP) is 5.96. The van der Waals surface area contributed by atoms with Crippen molar-refractivity contribution in [3.8, 4) is 0 Å². The number of benzene rings is 2. The maximum atomic E-state index is 13.0. The molecule has 4 heteroatoms. The number of hydrogen-bond acceptors (Lipinski definition) is 2. The van der Waals surface area contributed by atoms with Crippen LogP contribution in [-0.2, 0) is 17.8 Å². The number of fused-ring (bicyclic) bond motifs is 1. The van der Waals surface area contributed by atoms with E-state index < -0.39 is 0 Å². The van der Waals surface area contributed by atoms with Crippen LogP contribution in [0.1, 0.15) is 49.9 Å². The monoisotopic (exact) mass is 439 g/mol. The molecule has 4 aromatic rings. The van der Waals surface area contributed by atoms with Crippen molar-refractivity contribution in [1.82, 2.24) is 14.9 Å². The lowest BCUT2D eigenvalue weighted by Gasteiger charge is -2.30. The fourth-order valence-electron chi connectivity index (χ4n) is 4.48. The number of nitrogens with zero attached hydrogens (tertiary/aromatic N) is 2. The standard InChI is InChI=1S/C29H33N3O/c1-29(2,3)26(19-28(33)31-18-16-23-13-9-10-17-30-23)25-21-32(20-22-11-5-4-6-12-22)27-15-8-7-14-24(25)27/h4-15,17,21,26H,16,18-20H2,1-3H3,(H,31,33)/t26-/m1/s1. The van der Waals surface area contributed by atoms with Crippen molar-refractivity contribution in [2.45, 2.75) is 46.1 Å². The first kappa shape index (κ1) is 22.8. The number of rotatable bonds is 8. The first-order valence-corrected chi connectivity index (χ1v) is 11.7. The molecule has 0 spiro atoms. The molecular formula is C29H33N3O. The summed E-state index contributed by atoms with van der Waals surface area (Å²) < 4.78 is 2.32. The van der Waals surface area contributed by atoms with Gasteiger partial charge >= 0.3 is 0 Å². The number of aromatic nitrogens is 2. The molecule has 0 saturated heterocycles. The molecule has 0 aliphatic carbocycles. The number of para-hydroxylation sites is 1. The third-order valence-corrected chi connectivity index (χ3v) is 6.25. The minimum atomic E-state index is -0.0555. The Hall–Kier alpha value is -3.40. The van der Waals surface area contributed by atoms with Gasteiger partial charge in [-0.1, -0.05) is 75.4 Å². The SMILES string of the molecule is CC(C)(C)[C@H](CC(=O)NCCc1ccccn1)c1cn(Cc2ccccc2)c2ccccc12. The number of amides is 1. The van der Waals surface area contributed by atoms with Gasteiger partial charge in [0.05, 0.1) is 0 Å². The first-order chi connectivity index (χ1) is 15.9. The minimum absolute atomic E-state index is 0.0555. The average molecular weight is 440 g/mol. The zero-order chi connectivity index (χ0) is 23.3. The van der Waals surface area contributed by atoms with E-state index in [1.54, 1.807) is 6.20 Å². The Morgan fingerprint density at radius 1 is 0.970 bits per heavy atom. The van der Waals surface area contributed by atoms with Crippen LogP contribution in [0.3, 0.4) is 0 Å². The maximum absolute atomic E-state index is 13.0. The Morgan fingerprint density at radius 2 is 1.70 bits per heavy atom. The van der Waals surface area contributed by atoms with Crippen LogP contribution in [0.5, 0.6) is 0 Å². The van der Waals surface area contributed by atoms with E-state index in [1.807, 2.05) is 24.3 Å². The summed E-state index contributed by atoms with van der Waals surface area (Å²) in [5.41, 5.74) is 4.66. The molecule has 2 aromatic heterocycles. The third kappa shape index (κ3) is 5.70. The Labute approximate surface area is 196 Å². The molecule has 4 rings (SSSR count). The van der Waals surface area contributed by atoms with Crippen molar-refractivity contribution < 1.29 is 4.79 Å². The van der Waals surface area contributed by atoms with Crippen molar-refractivity contribution in [2.75, 3.05) is 6.54 Å². The van der Waals surface area contributed by atoms with Gasteiger partial charge in [0.25, 0.3) is 0 Å². The molecule has 1 atom stereocenters. The highest BCUT2D eigenvalue weighted by atomic mass is 16.1. The van der Waals surface area contributed by atoms with Gasteiger partial charge in [-0.05, 0) is 40.7 Å². The zero-order valence-electron chi connectivity index (χ0n) is 19.8. The number of nitrogens with one attached hydrogen (secondary N) is 1. The van der Waals surface area contributed by atoms with Crippen LogP contribution in [0.15, 0.2) is 85.2 Å². The number of pyridine rings is 1. The van der Waals surface area contributed by atoms with E-state index in [1.165, 1.54) is 22.0 Å². The van der Waals surface area contributed by atoms with Crippen molar-refractivity contribution in [1.29, 1.82) is 0 Å². The lowest BCUT2D eigenvalue weighted by molar-refractivity contribution is -0.122. The summed E-state index contributed by atoms with van der Waals surface area (Å²) in [6, 6.07) is 24.9. The maximum Gasteiger partial charge on any atom is 0.220 e. The lowest BCUT2D eigenvalue weighted by Crippen LogP contribution is -2.30. The second-order valence-electron chi connectivity index (χ2n) is 9.76. The van der Waals surface area contributed by atoms with Crippen LogP contribution in [0.4, 0.5) is 0 Å². The molecule has 0 unspecified atom stereocenters. The zero-order valence-corrected chi connectivity index (χ0v) is 19.8. The van der Waals surface area contributed by atoms with Crippen LogP contribution < -0.4 is 5.32 Å². The quantitative estimate of drug-likeness (QED) is 0.368. The molecule has 1 amide bonds. The normalized spacial score (nSPS) is 12.6. The fraction of sp³-hybridized carbons (Fsp3) is 0.310. The molecule has 0 aliphatic heterocycles. The molecular weight excluding hydrogens is 406 g/mol. The number of carbonyl (C=O) groups excluding carboxylic acids is 1. The summed E-state index contributed by atoms with van der Waals surface area (Å²) in [6.45, 7) is 8.09. The summed E-state index contributed by atoms with van der Waals surface area (Å²) in [7, 11) is 0. The van der Waals surface area contributed by atoms with Gasteiger partial charge in [0, 0.05) is 54.9 Å². The van der Waals surface area contributed by atoms with Crippen molar-refractivity contribution in [3.05, 3.63) is 102 Å². The molecule has 170 valence electrons. The summed E-state index contributed by atoms with van der Waals surface area (Å²) in [6.07, 6.45) is 5.25. The van der Waals surface area contributed by atoms with Crippen LogP contribution in [0.2, 0.25) is 0 Å². The van der Waals surface area contributed by atoms with Gasteiger partial charge in [-0.3, -0.25) is 9.78 Å². The molecule has 4 nitrogen and oxygen atoms in total. The van der Waals surface area contributed by atoms with Gasteiger partial charge in [-0.15, -0.1) is 0 Å². The second kappa shape index (κ2) is 10.0.